The van der Waals surface area contributed by atoms with Crippen molar-refractivity contribution in [3.63, 3.8) is 0 Å². The zero-order valence-electron chi connectivity index (χ0n) is 10.5. The van der Waals surface area contributed by atoms with Crippen LogP contribution in [0, 0.1) is 0 Å². The van der Waals surface area contributed by atoms with Crippen LogP contribution in [0.5, 0.6) is 0 Å². The number of aryl methyl sites for hydroxylation is 1. The van der Waals surface area contributed by atoms with Gasteiger partial charge in [0.25, 0.3) is 0 Å². The van der Waals surface area contributed by atoms with Gasteiger partial charge in [0.05, 0.1) is 11.8 Å². The molecule has 1 N–H and O–H groups in total. The maximum Gasteiger partial charge on any atom is 0.154 e. The number of hydrogen-bond acceptors (Lipinski definition) is 3. The van der Waals surface area contributed by atoms with Crippen LogP contribution < -0.4 is 5.32 Å². The van der Waals surface area contributed by atoms with Crippen molar-refractivity contribution in [1.82, 2.24) is 14.5 Å². The van der Waals surface area contributed by atoms with Gasteiger partial charge in [0.1, 0.15) is 5.52 Å². The summed E-state index contributed by atoms with van der Waals surface area (Å²) in [4.78, 5) is 8.69. The van der Waals surface area contributed by atoms with E-state index in [0.717, 1.165) is 27.4 Å². The second-order valence-corrected chi connectivity index (χ2v) is 4.73. The number of halogens is 1. The minimum absolute atomic E-state index is 0.627. The summed E-state index contributed by atoms with van der Waals surface area (Å²) in [6.45, 7) is 0.627. The topological polar surface area (TPSA) is 42.7 Å². The fourth-order valence-corrected chi connectivity index (χ4v) is 2.21. The number of anilines is 1. The molecule has 0 fully saturated rings. The molecular formula is C14H13ClN4. The number of pyridine rings is 1. The van der Waals surface area contributed by atoms with Crippen LogP contribution in [-0.2, 0) is 13.6 Å². The average molecular weight is 273 g/mol. The van der Waals surface area contributed by atoms with Gasteiger partial charge in [-0.25, -0.2) is 9.97 Å². The normalized spacial score (nSPS) is 10.8. The van der Waals surface area contributed by atoms with E-state index >= 15 is 0 Å². The highest BCUT2D eigenvalue weighted by Crippen LogP contribution is 2.21. The molecule has 4 nitrogen and oxygen atoms in total. The maximum atomic E-state index is 6.13. The summed E-state index contributed by atoms with van der Waals surface area (Å²) >= 11 is 6.13. The van der Waals surface area contributed by atoms with Crippen molar-refractivity contribution in [1.29, 1.82) is 0 Å². The molecule has 0 bridgehead atoms. The zero-order valence-corrected chi connectivity index (χ0v) is 11.2. The van der Waals surface area contributed by atoms with Gasteiger partial charge < -0.3 is 9.88 Å². The van der Waals surface area contributed by atoms with Crippen LogP contribution >= 0.6 is 11.6 Å². The average Bonchev–Trinajstić information content (AvgIpc) is 2.81. The number of imidazole rings is 1. The second kappa shape index (κ2) is 4.90. The Bertz CT molecular complexity index is 720. The first-order chi connectivity index (χ1) is 9.25. The van der Waals surface area contributed by atoms with Gasteiger partial charge >= 0.3 is 0 Å². The number of hydrogen-bond donors (Lipinski definition) is 1. The van der Waals surface area contributed by atoms with Crippen LogP contribution in [0.25, 0.3) is 11.0 Å². The van der Waals surface area contributed by atoms with Crippen LogP contribution in [0.3, 0.4) is 0 Å². The predicted molar refractivity (Wildman–Crippen MR) is 77.3 cm³/mol. The Morgan fingerprint density at radius 1 is 1.21 bits per heavy atom. The highest BCUT2D eigenvalue weighted by Gasteiger charge is 2.07. The molecule has 1 aromatic carbocycles. The molecule has 0 atom stereocenters. The standard InChI is InChI=1S/C14H13ClN4/c1-19-9-18-13-12(19)6-7-16-14(13)17-8-10-4-2-3-5-11(10)15/h2-7,9H,8H2,1H3,(H,16,17). The summed E-state index contributed by atoms with van der Waals surface area (Å²) in [6, 6.07) is 9.71. The molecule has 2 heterocycles. The summed E-state index contributed by atoms with van der Waals surface area (Å²) in [5.74, 6) is 0.776. The van der Waals surface area contributed by atoms with E-state index in [1.807, 2.05) is 41.9 Å². The van der Waals surface area contributed by atoms with Crippen LogP contribution in [0.1, 0.15) is 5.56 Å². The quantitative estimate of drug-likeness (QED) is 0.796. The Morgan fingerprint density at radius 3 is 2.89 bits per heavy atom. The van der Waals surface area contributed by atoms with E-state index in [1.54, 1.807) is 12.5 Å². The van der Waals surface area contributed by atoms with E-state index in [4.69, 9.17) is 11.6 Å². The third kappa shape index (κ3) is 2.27. The molecule has 0 spiro atoms. The minimum Gasteiger partial charge on any atom is -0.364 e. The lowest BCUT2D eigenvalue weighted by Gasteiger charge is -2.07. The van der Waals surface area contributed by atoms with Gasteiger partial charge in [-0.1, -0.05) is 29.8 Å². The van der Waals surface area contributed by atoms with Crippen molar-refractivity contribution >= 4 is 28.5 Å². The van der Waals surface area contributed by atoms with Gasteiger partial charge in [-0.05, 0) is 17.7 Å². The largest absolute Gasteiger partial charge is 0.364 e. The minimum atomic E-state index is 0.627. The Labute approximate surface area is 116 Å². The van der Waals surface area contributed by atoms with E-state index in [1.165, 1.54) is 0 Å². The summed E-state index contributed by atoms with van der Waals surface area (Å²) in [7, 11) is 1.97. The van der Waals surface area contributed by atoms with Crippen molar-refractivity contribution in [2.24, 2.45) is 7.05 Å². The Hall–Kier alpha value is -2.07. The fourth-order valence-electron chi connectivity index (χ4n) is 2.01. The Balaban J connectivity index is 1.88. The predicted octanol–water partition coefficient (Wildman–Crippen LogP) is 3.23. The zero-order chi connectivity index (χ0) is 13.2. The van der Waals surface area contributed by atoms with E-state index < -0.39 is 0 Å². The van der Waals surface area contributed by atoms with Crippen molar-refractivity contribution in [2.45, 2.75) is 6.54 Å². The molecule has 0 unspecified atom stereocenters. The molecule has 0 aliphatic rings. The number of nitrogens with one attached hydrogen (secondary N) is 1. The van der Waals surface area contributed by atoms with Crippen LogP contribution in [0.4, 0.5) is 5.82 Å². The summed E-state index contributed by atoms with van der Waals surface area (Å²) in [5.41, 5.74) is 2.97. The molecule has 96 valence electrons. The maximum absolute atomic E-state index is 6.13. The molecule has 3 aromatic rings. The molecule has 0 amide bonds. The summed E-state index contributed by atoms with van der Waals surface area (Å²) in [5, 5.41) is 4.04. The van der Waals surface area contributed by atoms with E-state index in [-0.39, 0.29) is 0 Å². The molecule has 0 aliphatic carbocycles. The number of aromatic nitrogens is 3. The molecule has 0 saturated heterocycles. The van der Waals surface area contributed by atoms with Crippen molar-refractivity contribution < 1.29 is 0 Å². The first kappa shape index (κ1) is 12.0. The Kier molecular flexibility index (Phi) is 3.09. The molecule has 19 heavy (non-hydrogen) atoms. The van der Waals surface area contributed by atoms with Crippen LogP contribution in [0.15, 0.2) is 42.9 Å². The third-order valence-corrected chi connectivity index (χ3v) is 3.42. The molecule has 0 aliphatic heterocycles. The third-order valence-electron chi connectivity index (χ3n) is 3.05. The summed E-state index contributed by atoms with van der Waals surface area (Å²) in [6.07, 6.45) is 3.56. The second-order valence-electron chi connectivity index (χ2n) is 4.33. The van der Waals surface area contributed by atoms with Crippen molar-refractivity contribution in [3.05, 3.63) is 53.4 Å². The number of benzene rings is 1. The lowest BCUT2D eigenvalue weighted by atomic mass is 10.2. The molecule has 3 rings (SSSR count). The lowest BCUT2D eigenvalue weighted by molar-refractivity contribution is 0.947. The van der Waals surface area contributed by atoms with Gasteiger partial charge in [0.15, 0.2) is 5.82 Å². The Morgan fingerprint density at radius 2 is 2.05 bits per heavy atom. The van der Waals surface area contributed by atoms with Crippen LogP contribution in [-0.4, -0.2) is 14.5 Å². The van der Waals surface area contributed by atoms with Gasteiger partial charge in [-0.2, -0.15) is 0 Å². The number of rotatable bonds is 3. The fraction of sp³-hybridized carbons (Fsp3) is 0.143. The molecular weight excluding hydrogens is 260 g/mol. The van der Waals surface area contributed by atoms with Gasteiger partial charge in [0.2, 0.25) is 0 Å². The smallest absolute Gasteiger partial charge is 0.154 e. The van der Waals surface area contributed by atoms with Crippen molar-refractivity contribution in [2.75, 3.05) is 5.32 Å². The first-order valence-electron chi connectivity index (χ1n) is 5.99. The van der Waals surface area contributed by atoms with E-state index in [9.17, 15) is 0 Å². The number of nitrogens with zero attached hydrogens (tertiary/aromatic N) is 3. The van der Waals surface area contributed by atoms with Crippen LogP contribution in [0.2, 0.25) is 5.02 Å². The summed E-state index contributed by atoms with van der Waals surface area (Å²) < 4.78 is 1.97. The van der Waals surface area contributed by atoms with Gasteiger partial charge in [0, 0.05) is 24.8 Å². The monoisotopic (exact) mass is 272 g/mol. The molecule has 0 radical (unpaired) electrons. The molecule has 2 aromatic heterocycles. The lowest BCUT2D eigenvalue weighted by Crippen LogP contribution is -2.02. The van der Waals surface area contributed by atoms with Gasteiger partial charge in [-0.3, -0.25) is 0 Å². The molecule has 0 saturated carbocycles. The highest BCUT2D eigenvalue weighted by atomic mass is 35.5. The SMILES string of the molecule is Cn1cnc2c(NCc3ccccc3Cl)nccc21. The van der Waals surface area contributed by atoms with Gasteiger partial charge in [-0.15, -0.1) is 0 Å². The highest BCUT2D eigenvalue weighted by molar-refractivity contribution is 6.31. The first-order valence-corrected chi connectivity index (χ1v) is 6.37. The van der Waals surface area contributed by atoms with E-state index in [2.05, 4.69) is 15.3 Å². The van der Waals surface area contributed by atoms with E-state index in [0.29, 0.717) is 6.54 Å². The number of fused-ring (bicyclic) bond motifs is 1. The molecule has 5 heteroatoms. The van der Waals surface area contributed by atoms with Crippen molar-refractivity contribution in [3.8, 4) is 0 Å².